The third-order valence-corrected chi connectivity index (χ3v) is 3.06. The van der Waals surface area contributed by atoms with Crippen molar-refractivity contribution in [2.75, 3.05) is 19.6 Å². The fourth-order valence-electron chi connectivity index (χ4n) is 2.22. The van der Waals surface area contributed by atoms with Crippen molar-refractivity contribution in [2.24, 2.45) is 11.7 Å². The molecule has 1 rings (SSSR count). The van der Waals surface area contributed by atoms with Gasteiger partial charge in [0.2, 0.25) is 0 Å². The molecule has 0 radical (unpaired) electrons. The van der Waals surface area contributed by atoms with Crippen LogP contribution in [0.2, 0.25) is 0 Å². The molecule has 0 saturated carbocycles. The lowest BCUT2D eigenvalue weighted by atomic mass is 9.98. The Morgan fingerprint density at radius 2 is 2.15 bits per heavy atom. The van der Waals surface area contributed by atoms with E-state index >= 15 is 0 Å². The molecule has 78 valence electrons. The zero-order valence-corrected chi connectivity index (χ0v) is 9.13. The van der Waals surface area contributed by atoms with Gasteiger partial charge < -0.3 is 10.6 Å². The Morgan fingerprint density at radius 3 is 2.77 bits per heavy atom. The molecule has 0 aromatic carbocycles. The van der Waals surface area contributed by atoms with E-state index in [1.165, 1.54) is 38.8 Å². The highest BCUT2D eigenvalue weighted by Crippen LogP contribution is 2.19. The van der Waals surface area contributed by atoms with E-state index in [2.05, 4.69) is 18.7 Å². The summed E-state index contributed by atoms with van der Waals surface area (Å²) >= 11 is 0. The van der Waals surface area contributed by atoms with Crippen molar-refractivity contribution < 1.29 is 0 Å². The van der Waals surface area contributed by atoms with Crippen LogP contribution in [0.1, 0.15) is 39.5 Å². The number of rotatable bonds is 3. The van der Waals surface area contributed by atoms with Gasteiger partial charge in [0, 0.05) is 12.6 Å². The average molecular weight is 184 g/mol. The first-order valence-electron chi connectivity index (χ1n) is 5.70. The Balaban J connectivity index is 2.27. The topological polar surface area (TPSA) is 29.3 Å². The Morgan fingerprint density at radius 1 is 1.38 bits per heavy atom. The summed E-state index contributed by atoms with van der Waals surface area (Å²) in [5, 5.41) is 0. The van der Waals surface area contributed by atoms with Gasteiger partial charge in [-0.2, -0.15) is 0 Å². The normalized spacial score (nSPS) is 28.4. The van der Waals surface area contributed by atoms with Crippen molar-refractivity contribution in [1.29, 1.82) is 0 Å². The lowest BCUT2D eigenvalue weighted by Crippen LogP contribution is -2.36. The van der Waals surface area contributed by atoms with E-state index in [4.69, 9.17) is 5.73 Å². The molecule has 0 spiro atoms. The summed E-state index contributed by atoms with van der Waals surface area (Å²) in [4.78, 5) is 2.53. The molecule has 1 saturated heterocycles. The van der Waals surface area contributed by atoms with Crippen molar-refractivity contribution in [2.45, 2.75) is 45.6 Å². The first kappa shape index (κ1) is 11.0. The van der Waals surface area contributed by atoms with Crippen LogP contribution in [0.3, 0.4) is 0 Å². The number of likely N-dealkylation sites (tertiary alicyclic amines) is 1. The minimum atomic E-state index is 0.332. The van der Waals surface area contributed by atoms with Crippen LogP contribution in [0.15, 0.2) is 0 Å². The molecule has 0 aromatic rings. The lowest BCUT2D eigenvalue weighted by molar-refractivity contribution is 0.267. The maximum atomic E-state index is 5.80. The second-order valence-corrected chi connectivity index (χ2v) is 4.48. The van der Waals surface area contributed by atoms with Gasteiger partial charge >= 0.3 is 0 Å². The van der Waals surface area contributed by atoms with Gasteiger partial charge in [-0.1, -0.05) is 13.3 Å². The lowest BCUT2D eigenvalue weighted by Gasteiger charge is -2.21. The van der Waals surface area contributed by atoms with Crippen molar-refractivity contribution in [3.05, 3.63) is 0 Å². The zero-order chi connectivity index (χ0) is 9.68. The van der Waals surface area contributed by atoms with Crippen LogP contribution in [0.4, 0.5) is 0 Å². The highest BCUT2D eigenvalue weighted by atomic mass is 15.1. The summed E-state index contributed by atoms with van der Waals surface area (Å²) in [7, 11) is 0. The molecular formula is C11H24N2. The molecule has 2 heteroatoms. The van der Waals surface area contributed by atoms with Gasteiger partial charge in [-0.05, 0) is 45.2 Å². The smallest absolute Gasteiger partial charge is 0.0139 e. The van der Waals surface area contributed by atoms with E-state index in [1.807, 2.05) is 0 Å². The maximum Gasteiger partial charge on any atom is 0.0139 e. The van der Waals surface area contributed by atoms with Gasteiger partial charge in [0.1, 0.15) is 0 Å². The second kappa shape index (κ2) is 5.61. The Bertz CT molecular complexity index is 134. The molecule has 2 nitrogen and oxygen atoms in total. The summed E-state index contributed by atoms with van der Waals surface area (Å²) in [6, 6.07) is 0.332. The SMILES string of the molecule is CCC1CCCN(C[C@H](C)N)CC1. The summed E-state index contributed by atoms with van der Waals surface area (Å²) in [5.41, 5.74) is 5.80. The number of nitrogens with zero attached hydrogens (tertiary/aromatic N) is 1. The molecular weight excluding hydrogens is 160 g/mol. The monoisotopic (exact) mass is 184 g/mol. The van der Waals surface area contributed by atoms with Gasteiger partial charge in [0.25, 0.3) is 0 Å². The van der Waals surface area contributed by atoms with Crippen molar-refractivity contribution >= 4 is 0 Å². The molecule has 2 atom stereocenters. The summed E-state index contributed by atoms with van der Waals surface area (Å²) in [6.45, 7) is 8.02. The van der Waals surface area contributed by atoms with E-state index in [1.54, 1.807) is 0 Å². The highest BCUT2D eigenvalue weighted by molar-refractivity contribution is 4.71. The summed E-state index contributed by atoms with van der Waals surface area (Å²) in [6.07, 6.45) is 5.52. The number of hydrogen-bond donors (Lipinski definition) is 1. The highest BCUT2D eigenvalue weighted by Gasteiger charge is 2.15. The van der Waals surface area contributed by atoms with Crippen LogP contribution in [-0.2, 0) is 0 Å². The third kappa shape index (κ3) is 4.10. The first-order valence-corrected chi connectivity index (χ1v) is 5.70. The molecule has 0 aliphatic carbocycles. The molecule has 0 amide bonds. The summed E-state index contributed by atoms with van der Waals surface area (Å²) in [5.74, 6) is 0.970. The molecule has 1 fully saturated rings. The predicted octanol–water partition coefficient (Wildman–Crippen LogP) is 1.85. The average Bonchev–Trinajstić information content (AvgIpc) is 2.29. The molecule has 0 aromatic heterocycles. The van der Waals surface area contributed by atoms with Gasteiger partial charge in [0.05, 0.1) is 0 Å². The number of hydrogen-bond acceptors (Lipinski definition) is 2. The van der Waals surface area contributed by atoms with E-state index < -0.39 is 0 Å². The third-order valence-electron chi connectivity index (χ3n) is 3.06. The van der Waals surface area contributed by atoms with Gasteiger partial charge in [0.15, 0.2) is 0 Å². The molecule has 1 unspecified atom stereocenters. The van der Waals surface area contributed by atoms with Crippen LogP contribution >= 0.6 is 0 Å². The van der Waals surface area contributed by atoms with Crippen molar-refractivity contribution in [1.82, 2.24) is 4.90 Å². The quantitative estimate of drug-likeness (QED) is 0.725. The molecule has 13 heavy (non-hydrogen) atoms. The fraction of sp³-hybridized carbons (Fsp3) is 1.00. The minimum absolute atomic E-state index is 0.332. The van der Waals surface area contributed by atoms with Crippen LogP contribution < -0.4 is 5.73 Å². The van der Waals surface area contributed by atoms with Gasteiger partial charge in [-0.25, -0.2) is 0 Å². The Hall–Kier alpha value is -0.0800. The largest absolute Gasteiger partial charge is 0.327 e. The standard InChI is InChI=1S/C11H24N2/c1-3-11-5-4-7-13(8-6-11)9-10(2)12/h10-11H,3-9,12H2,1-2H3/t10-,11?/m0/s1. The Kier molecular flexibility index (Phi) is 4.74. The van der Waals surface area contributed by atoms with Crippen LogP contribution in [0.5, 0.6) is 0 Å². The van der Waals surface area contributed by atoms with Gasteiger partial charge in [-0.3, -0.25) is 0 Å². The maximum absolute atomic E-state index is 5.80. The molecule has 0 bridgehead atoms. The van der Waals surface area contributed by atoms with E-state index in [9.17, 15) is 0 Å². The van der Waals surface area contributed by atoms with Crippen LogP contribution in [-0.4, -0.2) is 30.6 Å². The molecule has 1 heterocycles. The zero-order valence-electron chi connectivity index (χ0n) is 9.13. The van der Waals surface area contributed by atoms with E-state index in [0.29, 0.717) is 6.04 Å². The number of nitrogens with two attached hydrogens (primary N) is 1. The van der Waals surface area contributed by atoms with Crippen molar-refractivity contribution in [3.63, 3.8) is 0 Å². The minimum Gasteiger partial charge on any atom is -0.327 e. The Labute approximate surface area is 82.5 Å². The van der Waals surface area contributed by atoms with Crippen LogP contribution in [0.25, 0.3) is 0 Å². The molecule has 2 N–H and O–H groups in total. The van der Waals surface area contributed by atoms with Crippen molar-refractivity contribution in [3.8, 4) is 0 Å². The van der Waals surface area contributed by atoms with E-state index in [-0.39, 0.29) is 0 Å². The predicted molar refractivity (Wildman–Crippen MR) is 57.7 cm³/mol. The second-order valence-electron chi connectivity index (χ2n) is 4.48. The van der Waals surface area contributed by atoms with E-state index in [0.717, 1.165) is 12.5 Å². The molecule has 1 aliphatic heterocycles. The first-order chi connectivity index (χ1) is 6.22. The summed E-state index contributed by atoms with van der Waals surface area (Å²) < 4.78 is 0. The fourth-order valence-corrected chi connectivity index (χ4v) is 2.22. The molecule has 1 aliphatic rings. The van der Waals surface area contributed by atoms with Gasteiger partial charge in [-0.15, -0.1) is 0 Å². The van der Waals surface area contributed by atoms with Crippen LogP contribution in [0, 0.1) is 5.92 Å².